The molecular weight excluding hydrogens is 368 g/mol. The molecule has 2 aliphatic rings. The van der Waals surface area contributed by atoms with Crippen molar-refractivity contribution >= 4 is 27.1 Å². The molecule has 1 saturated heterocycles. The fourth-order valence-electron chi connectivity index (χ4n) is 3.52. The van der Waals surface area contributed by atoms with Gasteiger partial charge in [0.05, 0.1) is 23.7 Å². The van der Waals surface area contributed by atoms with Gasteiger partial charge in [-0.15, -0.1) is 11.3 Å². The van der Waals surface area contributed by atoms with E-state index in [1.807, 2.05) is 18.4 Å². The first-order valence-electron chi connectivity index (χ1n) is 9.52. The van der Waals surface area contributed by atoms with Gasteiger partial charge >= 0.3 is 0 Å². The molecule has 1 aromatic heterocycles. The fraction of sp³-hybridized carbons (Fsp3) is 0.778. The van der Waals surface area contributed by atoms with Gasteiger partial charge < -0.3 is 10.2 Å². The summed E-state index contributed by atoms with van der Waals surface area (Å²) in [5, 5.41) is 4.55. The van der Waals surface area contributed by atoms with Gasteiger partial charge in [0.15, 0.2) is 15.8 Å². The summed E-state index contributed by atoms with van der Waals surface area (Å²) in [5.74, 6) is 1.55. The number of nitrogens with one attached hydrogen (secondary N) is 1. The molecule has 1 unspecified atom stereocenters. The zero-order chi connectivity index (χ0) is 18.7. The lowest BCUT2D eigenvalue weighted by atomic mass is 10.0. The van der Waals surface area contributed by atoms with Crippen LogP contribution in [0.15, 0.2) is 4.99 Å². The first-order valence-corrected chi connectivity index (χ1v) is 12.2. The summed E-state index contributed by atoms with van der Waals surface area (Å²) in [4.78, 5) is 13.1. The molecular formula is C18H30N4O2S2. The highest BCUT2D eigenvalue weighted by Crippen LogP contribution is 2.27. The number of hydrogen-bond acceptors (Lipinski definition) is 5. The van der Waals surface area contributed by atoms with Crippen molar-refractivity contribution in [1.82, 2.24) is 15.2 Å². The highest BCUT2D eigenvalue weighted by atomic mass is 32.2. The van der Waals surface area contributed by atoms with Gasteiger partial charge in [0.1, 0.15) is 5.01 Å². The Labute approximate surface area is 161 Å². The lowest BCUT2D eigenvalue weighted by Gasteiger charge is -2.24. The van der Waals surface area contributed by atoms with Gasteiger partial charge in [-0.1, -0.05) is 0 Å². The minimum atomic E-state index is -2.85. The van der Waals surface area contributed by atoms with Gasteiger partial charge in [-0.3, -0.25) is 4.99 Å². The highest BCUT2D eigenvalue weighted by Gasteiger charge is 2.27. The minimum Gasteiger partial charge on any atom is -0.354 e. The van der Waals surface area contributed by atoms with E-state index in [1.165, 1.54) is 23.4 Å². The molecule has 8 heteroatoms. The standard InChI is InChI=1S/C18H30N4O2S2/c1-13(2)20-18(19-10-14-8-9-26(23,24)12-14)22(3)11-17-21-15-6-4-5-7-16(15)25-17/h13-14H,4-12H2,1-3H3,(H,19,20). The Hall–Kier alpha value is -1.15. The van der Waals surface area contributed by atoms with E-state index >= 15 is 0 Å². The number of rotatable bonds is 5. The normalized spacial score (nSPS) is 22.5. The number of nitrogens with zero attached hydrogens (tertiary/aromatic N) is 3. The van der Waals surface area contributed by atoms with Gasteiger partial charge in [-0.2, -0.15) is 0 Å². The van der Waals surface area contributed by atoms with E-state index in [4.69, 9.17) is 9.98 Å². The molecule has 2 heterocycles. The zero-order valence-corrected chi connectivity index (χ0v) is 17.6. The van der Waals surface area contributed by atoms with E-state index in [1.54, 1.807) is 0 Å². The van der Waals surface area contributed by atoms with Crippen LogP contribution in [0.5, 0.6) is 0 Å². The van der Waals surface area contributed by atoms with Crippen LogP contribution in [0.2, 0.25) is 0 Å². The zero-order valence-electron chi connectivity index (χ0n) is 16.0. The lowest BCUT2D eigenvalue weighted by Crippen LogP contribution is -2.42. The van der Waals surface area contributed by atoms with Crippen LogP contribution in [0.4, 0.5) is 0 Å². The summed E-state index contributed by atoms with van der Waals surface area (Å²) < 4.78 is 23.3. The Bertz CT molecular complexity index is 732. The molecule has 1 fully saturated rings. The molecule has 3 rings (SSSR count). The van der Waals surface area contributed by atoms with Crippen LogP contribution < -0.4 is 5.32 Å². The van der Waals surface area contributed by atoms with Crippen LogP contribution in [0.1, 0.15) is 48.7 Å². The van der Waals surface area contributed by atoms with Crippen molar-refractivity contribution in [2.75, 3.05) is 25.1 Å². The van der Waals surface area contributed by atoms with Crippen LogP contribution in [-0.4, -0.2) is 55.4 Å². The van der Waals surface area contributed by atoms with Crippen molar-refractivity contribution in [3.8, 4) is 0 Å². The maximum Gasteiger partial charge on any atom is 0.194 e. The molecule has 0 saturated carbocycles. The third-order valence-corrected chi connectivity index (χ3v) is 7.85. The Kier molecular flexibility index (Phi) is 6.22. The Morgan fingerprint density at radius 1 is 1.38 bits per heavy atom. The molecule has 0 aromatic carbocycles. The van der Waals surface area contributed by atoms with Crippen LogP contribution in [0.25, 0.3) is 0 Å². The minimum absolute atomic E-state index is 0.143. The van der Waals surface area contributed by atoms with E-state index in [9.17, 15) is 8.42 Å². The van der Waals surface area contributed by atoms with Crippen molar-refractivity contribution in [2.24, 2.45) is 10.9 Å². The molecule has 1 N–H and O–H groups in total. The summed E-state index contributed by atoms with van der Waals surface area (Å²) in [5.41, 5.74) is 1.29. The number of aromatic nitrogens is 1. The number of hydrogen-bond donors (Lipinski definition) is 1. The average Bonchev–Trinajstić information content (AvgIpc) is 3.12. The summed E-state index contributed by atoms with van der Waals surface area (Å²) in [6.07, 6.45) is 5.52. The first-order chi connectivity index (χ1) is 12.3. The summed E-state index contributed by atoms with van der Waals surface area (Å²) >= 11 is 1.83. The second kappa shape index (κ2) is 8.25. The van der Waals surface area contributed by atoms with Crippen LogP contribution in [0, 0.1) is 5.92 Å². The third kappa shape index (κ3) is 5.19. The smallest absolute Gasteiger partial charge is 0.194 e. The molecule has 1 atom stereocenters. The Balaban J connectivity index is 1.66. The largest absolute Gasteiger partial charge is 0.354 e. The van der Waals surface area contributed by atoms with Crippen molar-refractivity contribution in [3.63, 3.8) is 0 Å². The van der Waals surface area contributed by atoms with Crippen LogP contribution in [0.3, 0.4) is 0 Å². The molecule has 0 amide bonds. The van der Waals surface area contributed by atoms with Crippen molar-refractivity contribution in [2.45, 2.75) is 58.5 Å². The Morgan fingerprint density at radius 3 is 2.81 bits per heavy atom. The van der Waals surface area contributed by atoms with Gasteiger partial charge in [0.2, 0.25) is 0 Å². The molecule has 1 aliphatic carbocycles. The molecule has 0 spiro atoms. The van der Waals surface area contributed by atoms with Crippen LogP contribution >= 0.6 is 11.3 Å². The van der Waals surface area contributed by atoms with E-state index in [0.29, 0.717) is 12.3 Å². The van der Waals surface area contributed by atoms with Crippen molar-refractivity contribution in [3.05, 3.63) is 15.6 Å². The summed E-state index contributed by atoms with van der Waals surface area (Å²) in [6, 6.07) is 0.271. The molecule has 6 nitrogen and oxygen atoms in total. The van der Waals surface area contributed by atoms with E-state index in [2.05, 4.69) is 24.1 Å². The number of guanidine groups is 1. The number of thiazole rings is 1. The molecule has 0 bridgehead atoms. The Morgan fingerprint density at radius 2 is 2.15 bits per heavy atom. The SMILES string of the molecule is CC(C)NC(=NCC1CCS(=O)(=O)C1)N(C)Cc1nc2c(s1)CCCC2. The molecule has 146 valence electrons. The maximum absolute atomic E-state index is 11.7. The van der Waals surface area contributed by atoms with E-state index in [0.717, 1.165) is 36.8 Å². The number of fused-ring (bicyclic) bond motifs is 1. The van der Waals surface area contributed by atoms with Gasteiger partial charge in [0, 0.05) is 24.5 Å². The second-order valence-electron chi connectivity index (χ2n) is 7.77. The number of aryl methyl sites for hydroxylation is 2. The quantitative estimate of drug-likeness (QED) is 0.608. The van der Waals surface area contributed by atoms with Crippen molar-refractivity contribution in [1.29, 1.82) is 0 Å². The topological polar surface area (TPSA) is 74.7 Å². The molecule has 1 aliphatic heterocycles. The number of aliphatic imine (C=N–C) groups is 1. The van der Waals surface area contributed by atoms with E-state index < -0.39 is 9.84 Å². The highest BCUT2D eigenvalue weighted by molar-refractivity contribution is 7.91. The average molecular weight is 399 g/mol. The van der Waals surface area contributed by atoms with E-state index in [-0.39, 0.29) is 17.7 Å². The first kappa shape index (κ1) is 19.6. The lowest BCUT2D eigenvalue weighted by molar-refractivity contribution is 0.460. The van der Waals surface area contributed by atoms with Crippen LogP contribution in [-0.2, 0) is 29.2 Å². The van der Waals surface area contributed by atoms with Gasteiger partial charge in [-0.05, 0) is 51.9 Å². The summed E-state index contributed by atoms with van der Waals surface area (Å²) in [7, 11) is -0.821. The predicted octanol–water partition coefficient (Wildman–Crippen LogP) is 2.24. The molecule has 0 radical (unpaired) electrons. The second-order valence-corrected chi connectivity index (χ2v) is 11.2. The maximum atomic E-state index is 11.7. The summed E-state index contributed by atoms with van der Waals surface area (Å²) in [6.45, 7) is 5.48. The molecule has 1 aromatic rings. The molecule has 26 heavy (non-hydrogen) atoms. The van der Waals surface area contributed by atoms with Crippen molar-refractivity contribution < 1.29 is 8.42 Å². The van der Waals surface area contributed by atoms with Gasteiger partial charge in [-0.25, -0.2) is 13.4 Å². The predicted molar refractivity (Wildman–Crippen MR) is 108 cm³/mol. The third-order valence-electron chi connectivity index (χ3n) is 4.87. The van der Waals surface area contributed by atoms with Gasteiger partial charge in [0.25, 0.3) is 0 Å². The monoisotopic (exact) mass is 398 g/mol. The fourth-order valence-corrected chi connectivity index (χ4v) is 6.58. The number of sulfone groups is 1.